The molecular weight excluding hydrogens is 288 g/mol. The average Bonchev–Trinajstić information content (AvgIpc) is 2.42. The first-order valence-electron chi connectivity index (χ1n) is 5.77. The molecule has 0 amide bonds. The van der Waals surface area contributed by atoms with Gasteiger partial charge >= 0.3 is 0 Å². The first-order chi connectivity index (χ1) is 8.83. The maximum atomic E-state index is 4.26. The van der Waals surface area contributed by atoms with Gasteiger partial charge in [-0.1, -0.05) is 52.3 Å². The number of fused-ring (bicyclic) bond motifs is 1. The van der Waals surface area contributed by atoms with E-state index in [0.717, 1.165) is 22.0 Å². The van der Waals surface area contributed by atoms with Crippen LogP contribution < -0.4 is 0 Å². The van der Waals surface area contributed by atoms with Crippen LogP contribution >= 0.6 is 15.9 Å². The van der Waals surface area contributed by atoms with Crippen LogP contribution in [0, 0.1) is 0 Å². The van der Waals surface area contributed by atoms with Gasteiger partial charge in [-0.25, -0.2) is 0 Å². The summed E-state index contributed by atoms with van der Waals surface area (Å²) in [6.07, 6.45) is 2.61. The van der Waals surface area contributed by atoms with Crippen molar-refractivity contribution in [1.82, 2.24) is 10.2 Å². The first-order valence-corrected chi connectivity index (χ1v) is 6.56. The van der Waals surface area contributed by atoms with Crippen molar-refractivity contribution in [2.24, 2.45) is 0 Å². The fraction of sp³-hybridized carbons (Fsp3) is 0.0667. The van der Waals surface area contributed by atoms with Crippen molar-refractivity contribution in [2.45, 2.75) is 6.42 Å². The highest BCUT2D eigenvalue weighted by molar-refractivity contribution is 9.10. The quantitative estimate of drug-likeness (QED) is 0.715. The smallest absolute Gasteiger partial charge is 0.0753 e. The first kappa shape index (κ1) is 11.4. The van der Waals surface area contributed by atoms with E-state index >= 15 is 0 Å². The van der Waals surface area contributed by atoms with Crippen LogP contribution in [0.25, 0.3) is 10.8 Å². The number of halogens is 1. The third-order valence-corrected chi connectivity index (χ3v) is 3.46. The van der Waals surface area contributed by atoms with E-state index in [-0.39, 0.29) is 0 Å². The predicted octanol–water partition coefficient (Wildman–Crippen LogP) is 3.98. The molecule has 0 saturated heterocycles. The van der Waals surface area contributed by atoms with Gasteiger partial charge in [0.2, 0.25) is 0 Å². The molecule has 3 heteroatoms. The standard InChI is InChI=1S/C15H11BrN2/c16-13-7-5-11(6-8-13)9-15-14-4-2-1-3-12(14)10-17-18-15/h1-8,10H,9H2. The van der Waals surface area contributed by atoms with E-state index in [1.54, 1.807) is 6.20 Å². The number of nitrogens with zero attached hydrogens (tertiary/aromatic N) is 2. The second-order valence-corrected chi connectivity index (χ2v) is 5.10. The van der Waals surface area contributed by atoms with Crippen molar-refractivity contribution < 1.29 is 0 Å². The van der Waals surface area contributed by atoms with E-state index in [2.05, 4.69) is 50.4 Å². The summed E-state index contributed by atoms with van der Waals surface area (Å²) in [6, 6.07) is 16.5. The third-order valence-electron chi connectivity index (χ3n) is 2.93. The molecule has 2 nitrogen and oxygen atoms in total. The molecule has 0 bridgehead atoms. The number of hydrogen-bond acceptors (Lipinski definition) is 2. The minimum atomic E-state index is 0.807. The van der Waals surface area contributed by atoms with Gasteiger partial charge in [-0.05, 0) is 17.7 Å². The molecule has 0 fully saturated rings. The van der Waals surface area contributed by atoms with E-state index in [0.29, 0.717) is 0 Å². The van der Waals surface area contributed by atoms with Crippen LogP contribution in [0.1, 0.15) is 11.3 Å². The zero-order valence-corrected chi connectivity index (χ0v) is 11.3. The number of hydrogen-bond donors (Lipinski definition) is 0. The zero-order chi connectivity index (χ0) is 12.4. The summed E-state index contributed by atoms with van der Waals surface area (Å²) in [7, 11) is 0. The monoisotopic (exact) mass is 298 g/mol. The fourth-order valence-electron chi connectivity index (χ4n) is 2.01. The van der Waals surface area contributed by atoms with E-state index in [1.165, 1.54) is 10.9 Å². The molecule has 18 heavy (non-hydrogen) atoms. The Morgan fingerprint density at radius 1 is 0.944 bits per heavy atom. The molecule has 3 rings (SSSR count). The van der Waals surface area contributed by atoms with Gasteiger partial charge in [-0.2, -0.15) is 10.2 Å². The molecule has 0 unspecified atom stereocenters. The van der Waals surface area contributed by atoms with Crippen LogP contribution in [-0.2, 0) is 6.42 Å². The number of rotatable bonds is 2. The molecule has 2 aromatic carbocycles. The van der Waals surface area contributed by atoms with E-state index < -0.39 is 0 Å². The van der Waals surface area contributed by atoms with Gasteiger partial charge in [0.15, 0.2) is 0 Å². The second kappa shape index (κ2) is 4.86. The predicted molar refractivity (Wildman–Crippen MR) is 76.5 cm³/mol. The summed E-state index contributed by atoms with van der Waals surface area (Å²) < 4.78 is 1.09. The van der Waals surface area contributed by atoms with Crippen molar-refractivity contribution in [3.8, 4) is 0 Å². The van der Waals surface area contributed by atoms with E-state index in [4.69, 9.17) is 0 Å². The van der Waals surface area contributed by atoms with Crippen LogP contribution in [0.2, 0.25) is 0 Å². The molecule has 0 saturated carbocycles. The Kier molecular flexibility index (Phi) is 3.07. The lowest BCUT2D eigenvalue weighted by Gasteiger charge is -2.04. The minimum absolute atomic E-state index is 0.807. The summed E-state index contributed by atoms with van der Waals surface area (Å²) in [6.45, 7) is 0. The van der Waals surface area contributed by atoms with Crippen molar-refractivity contribution in [1.29, 1.82) is 0 Å². The summed E-state index contributed by atoms with van der Waals surface area (Å²) in [5, 5.41) is 10.6. The van der Waals surface area contributed by atoms with Crippen LogP contribution in [0.3, 0.4) is 0 Å². The van der Waals surface area contributed by atoms with Crippen molar-refractivity contribution >= 4 is 26.7 Å². The Morgan fingerprint density at radius 3 is 2.56 bits per heavy atom. The Labute approximate surface area is 114 Å². The van der Waals surface area contributed by atoms with Gasteiger partial charge in [0.25, 0.3) is 0 Å². The van der Waals surface area contributed by atoms with E-state index in [9.17, 15) is 0 Å². The van der Waals surface area contributed by atoms with Crippen LogP contribution in [0.5, 0.6) is 0 Å². The Morgan fingerprint density at radius 2 is 1.72 bits per heavy atom. The molecule has 88 valence electrons. The highest BCUT2D eigenvalue weighted by atomic mass is 79.9. The summed E-state index contributed by atoms with van der Waals surface area (Å²) in [5.74, 6) is 0. The zero-order valence-electron chi connectivity index (χ0n) is 9.68. The topological polar surface area (TPSA) is 25.8 Å². The molecule has 3 aromatic rings. The Balaban J connectivity index is 2.02. The fourth-order valence-corrected chi connectivity index (χ4v) is 2.28. The summed E-state index contributed by atoms with van der Waals surface area (Å²) in [5.41, 5.74) is 2.26. The molecule has 0 spiro atoms. The summed E-state index contributed by atoms with van der Waals surface area (Å²) in [4.78, 5) is 0. The molecule has 0 radical (unpaired) electrons. The van der Waals surface area contributed by atoms with Gasteiger partial charge in [0, 0.05) is 21.7 Å². The molecule has 0 aliphatic rings. The third kappa shape index (κ3) is 2.27. The Bertz CT molecular complexity index is 672. The number of benzene rings is 2. The maximum absolute atomic E-state index is 4.26. The molecule has 0 aliphatic heterocycles. The normalized spacial score (nSPS) is 10.7. The van der Waals surface area contributed by atoms with E-state index in [1.807, 2.05) is 24.3 Å². The number of aromatic nitrogens is 2. The van der Waals surface area contributed by atoms with Crippen LogP contribution in [0.15, 0.2) is 59.2 Å². The highest BCUT2D eigenvalue weighted by Gasteiger charge is 2.04. The lowest BCUT2D eigenvalue weighted by molar-refractivity contribution is 0.958. The Hall–Kier alpha value is -1.74. The molecule has 1 aromatic heterocycles. The lowest BCUT2D eigenvalue weighted by atomic mass is 10.1. The molecule has 0 aliphatic carbocycles. The minimum Gasteiger partial charge on any atom is -0.158 e. The summed E-state index contributed by atoms with van der Waals surface area (Å²) >= 11 is 3.44. The average molecular weight is 299 g/mol. The maximum Gasteiger partial charge on any atom is 0.0753 e. The lowest BCUT2D eigenvalue weighted by Crippen LogP contribution is -1.95. The molecular formula is C15H11BrN2. The van der Waals surface area contributed by atoms with Crippen molar-refractivity contribution in [3.63, 3.8) is 0 Å². The largest absolute Gasteiger partial charge is 0.158 e. The molecule has 1 heterocycles. The van der Waals surface area contributed by atoms with Crippen molar-refractivity contribution in [2.75, 3.05) is 0 Å². The second-order valence-electron chi connectivity index (χ2n) is 4.18. The highest BCUT2D eigenvalue weighted by Crippen LogP contribution is 2.19. The van der Waals surface area contributed by atoms with Gasteiger partial charge in [0.05, 0.1) is 11.9 Å². The van der Waals surface area contributed by atoms with Gasteiger partial charge in [0.1, 0.15) is 0 Å². The van der Waals surface area contributed by atoms with Crippen molar-refractivity contribution in [3.05, 3.63) is 70.5 Å². The van der Waals surface area contributed by atoms with Gasteiger partial charge in [-0.3, -0.25) is 0 Å². The van der Waals surface area contributed by atoms with Gasteiger partial charge in [-0.15, -0.1) is 0 Å². The van der Waals surface area contributed by atoms with Gasteiger partial charge < -0.3 is 0 Å². The van der Waals surface area contributed by atoms with Crippen LogP contribution in [-0.4, -0.2) is 10.2 Å². The van der Waals surface area contributed by atoms with Crippen LogP contribution in [0.4, 0.5) is 0 Å². The molecule has 0 atom stereocenters. The SMILES string of the molecule is Brc1ccc(Cc2nncc3ccccc23)cc1. The molecule has 0 N–H and O–H groups in total.